The highest BCUT2D eigenvalue weighted by molar-refractivity contribution is 5.26. The molecule has 1 aromatic carbocycles. The van der Waals surface area contributed by atoms with Gasteiger partial charge in [0.05, 0.1) is 6.10 Å². The van der Waals surface area contributed by atoms with Crippen LogP contribution in [-0.4, -0.2) is 18.9 Å². The fourth-order valence-corrected chi connectivity index (χ4v) is 4.29. The van der Waals surface area contributed by atoms with Gasteiger partial charge in [0.2, 0.25) is 0 Å². The Morgan fingerprint density at radius 1 is 0.828 bits per heavy atom. The summed E-state index contributed by atoms with van der Waals surface area (Å²) < 4.78 is 43.1. The Hall–Kier alpha value is -1.03. The molecule has 0 saturated heterocycles. The highest BCUT2D eigenvalue weighted by atomic mass is 19.4. The number of benzene rings is 1. The van der Waals surface area contributed by atoms with E-state index in [1.807, 2.05) is 24.3 Å². The summed E-state index contributed by atoms with van der Waals surface area (Å²) >= 11 is 0. The molecular weight excluding hydrogens is 373 g/mol. The SMILES string of the molecule is CCCCCCCCCCOC1CCC(c2ccc(CCC(F)(F)F)cc2)CC1. The first-order valence-corrected chi connectivity index (χ1v) is 11.7. The Kier molecular flexibility index (Phi) is 11.1. The molecule has 1 aliphatic rings. The summed E-state index contributed by atoms with van der Waals surface area (Å²) in [6, 6.07) is 7.79. The molecule has 0 amide bonds. The van der Waals surface area contributed by atoms with Gasteiger partial charge in [-0.25, -0.2) is 0 Å². The molecule has 0 atom stereocenters. The minimum Gasteiger partial charge on any atom is -0.378 e. The number of unbranched alkanes of at least 4 members (excludes halogenated alkanes) is 7. The number of aryl methyl sites for hydroxylation is 1. The smallest absolute Gasteiger partial charge is 0.378 e. The second kappa shape index (κ2) is 13.3. The van der Waals surface area contributed by atoms with Gasteiger partial charge in [-0.05, 0) is 55.6 Å². The van der Waals surface area contributed by atoms with Crippen molar-refractivity contribution >= 4 is 0 Å². The zero-order chi connectivity index (χ0) is 21.0. The molecule has 1 aromatic rings. The van der Waals surface area contributed by atoms with Crippen molar-refractivity contribution in [2.24, 2.45) is 0 Å². The van der Waals surface area contributed by atoms with E-state index in [1.165, 1.54) is 56.9 Å². The summed E-state index contributed by atoms with van der Waals surface area (Å²) in [5, 5.41) is 0. The molecule has 29 heavy (non-hydrogen) atoms. The topological polar surface area (TPSA) is 9.23 Å². The number of ether oxygens (including phenoxy) is 1. The molecule has 2 rings (SSSR count). The van der Waals surface area contributed by atoms with Crippen molar-refractivity contribution in [2.75, 3.05) is 6.61 Å². The van der Waals surface area contributed by atoms with E-state index >= 15 is 0 Å². The van der Waals surface area contributed by atoms with Crippen LogP contribution >= 0.6 is 0 Å². The normalized spacial score (nSPS) is 20.1. The first-order chi connectivity index (χ1) is 14.0. The van der Waals surface area contributed by atoms with Gasteiger partial charge in [-0.3, -0.25) is 0 Å². The van der Waals surface area contributed by atoms with Crippen molar-refractivity contribution in [3.8, 4) is 0 Å². The largest absolute Gasteiger partial charge is 0.389 e. The molecule has 0 N–H and O–H groups in total. The van der Waals surface area contributed by atoms with Crippen molar-refractivity contribution in [2.45, 2.75) is 115 Å². The lowest BCUT2D eigenvalue weighted by atomic mass is 9.82. The molecule has 0 heterocycles. The lowest BCUT2D eigenvalue weighted by molar-refractivity contribution is -0.133. The molecule has 0 spiro atoms. The van der Waals surface area contributed by atoms with Gasteiger partial charge < -0.3 is 4.74 Å². The van der Waals surface area contributed by atoms with E-state index in [0.717, 1.165) is 37.9 Å². The van der Waals surface area contributed by atoms with Gasteiger partial charge in [0, 0.05) is 13.0 Å². The minimum atomic E-state index is -4.08. The van der Waals surface area contributed by atoms with Gasteiger partial charge in [-0.15, -0.1) is 0 Å². The fraction of sp³-hybridized carbons (Fsp3) is 0.760. The van der Waals surface area contributed by atoms with E-state index in [-0.39, 0.29) is 6.42 Å². The second-order valence-electron chi connectivity index (χ2n) is 8.68. The van der Waals surface area contributed by atoms with E-state index in [4.69, 9.17) is 4.74 Å². The maximum Gasteiger partial charge on any atom is 0.389 e. The van der Waals surface area contributed by atoms with Crippen LogP contribution in [0.5, 0.6) is 0 Å². The van der Waals surface area contributed by atoms with Crippen LogP contribution in [0.2, 0.25) is 0 Å². The molecular formula is C25H39F3O. The average Bonchev–Trinajstić information content (AvgIpc) is 2.71. The lowest BCUT2D eigenvalue weighted by Crippen LogP contribution is -2.21. The van der Waals surface area contributed by atoms with Crippen molar-refractivity contribution < 1.29 is 17.9 Å². The molecule has 1 fully saturated rings. The maximum absolute atomic E-state index is 12.3. The van der Waals surface area contributed by atoms with Crippen LogP contribution < -0.4 is 0 Å². The van der Waals surface area contributed by atoms with Crippen LogP contribution in [0.15, 0.2) is 24.3 Å². The summed E-state index contributed by atoms with van der Waals surface area (Å²) in [5.41, 5.74) is 2.04. The van der Waals surface area contributed by atoms with Gasteiger partial charge in [0.25, 0.3) is 0 Å². The minimum absolute atomic E-state index is 0.0725. The van der Waals surface area contributed by atoms with Crippen LogP contribution in [0.25, 0.3) is 0 Å². The lowest BCUT2D eigenvalue weighted by Gasteiger charge is -2.29. The molecule has 0 aromatic heterocycles. The first-order valence-electron chi connectivity index (χ1n) is 11.7. The highest BCUT2D eigenvalue weighted by Gasteiger charge is 2.26. The molecule has 0 radical (unpaired) electrons. The highest BCUT2D eigenvalue weighted by Crippen LogP contribution is 2.34. The van der Waals surface area contributed by atoms with Crippen LogP contribution in [-0.2, 0) is 11.2 Å². The van der Waals surface area contributed by atoms with E-state index < -0.39 is 12.6 Å². The number of hydrogen-bond acceptors (Lipinski definition) is 1. The molecule has 166 valence electrons. The first kappa shape index (κ1) is 24.2. The van der Waals surface area contributed by atoms with E-state index in [0.29, 0.717) is 12.0 Å². The van der Waals surface area contributed by atoms with Gasteiger partial charge in [0.1, 0.15) is 0 Å². The Bertz CT molecular complexity index is 530. The Morgan fingerprint density at radius 3 is 2.00 bits per heavy atom. The zero-order valence-electron chi connectivity index (χ0n) is 18.1. The monoisotopic (exact) mass is 412 g/mol. The van der Waals surface area contributed by atoms with Gasteiger partial charge in [0.15, 0.2) is 0 Å². The van der Waals surface area contributed by atoms with Crippen LogP contribution in [0, 0.1) is 0 Å². The van der Waals surface area contributed by atoms with Gasteiger partial charge in [-0.1, -0.05) is 76.1 Å². The van der Waals surface area contributed by atoms with Crippen LogP contribution in [0.3, 0.4) is 0 Å². The van der Waals surface area contributed by atoms with Crippen LogP contribution in [0.1, 0.15) is 107 Å². The summed E-state index contributed by atoms with van der Waals surface area (Å²) in [7, 11) is 0. The number of rotatable bonds is 13. The summed E-state index contributed by atoms with van der Waals surface area (Å²) in [6.07, 6.45) is 10.6. The van der Waals surface area contributed by atoms with Crippen LogP contribution in [0.4, 0.5) is 13.2 Å². The predicted octanol–water partition coefficient (Wildman–Crippen LogP) is 8.37. The molecule has 1 aliphatic carbocycles. The van der Waals surface area contributed by atoms with Gasteiger partial charge >= 0.3 is 6.18 Å². The third-order valence-electron chi connectivity index (χ3n) is 6.17. The quantitative estimate of drug-likeness (QED) is 0.296. The zero-order valence-corrected chi connectivity index (χ0v) is 18.1. The predicted molar refractivity (Wildman–Crippen MR) is 114 cm³/mol. The Balaban J connectivity index is 1.55. The summed E-state index contributed by atoms with van der Waals surface area (Å²) in [4.78, 5) is 0. The molecule has 0 aliphatic heterocycles. The average molecular weight is 413 g/mol. The molecule has 0 bridgehead atoms. The van der Waals surface area contributed by atoms with Crippen molar-refractivity contribution in [3.05, 3.63) is 35.4 Å². The Morgan fingerprint density at radius 2 is 1.41 bits per heavy atom. The Labute approximate surface area is 175 Å². The number of alkyl halides is 3. The van der Waals surface area contributed by atoms with Crippen molar-refractivity contribution in [1.82, 2.24) is 0 Å². The molecule has 1 saturated carbocycles. The molecule has 0 unspecified atom stereocenters. The standard InChI is InChI=1S/C25H39F3O/c1-2-3-4-5-6-7-8-9-20-29-24-16-14-23(15-17-24)22-12-10-21(11-13-22)18-19-25(26,27)28/h10-13,23-24H,2-9,14-20H2,1H3. The van der Waals surface area contributed by atoms with Crippen molar-refractivity contribution in [3.63, 3.8) is 0 Å². The third kappa shape index (κ3) is 10.5. The van der Waals surface area contributed by atoms with Crippen molar-refractivity contribution in [1.29, 1.82) is 0 Å². The van der Waals surface area contributed by atoms with E-state index in [1.54, 1.807) is 0 Å². The number of hydrogen-bond donors (Lipinski definition) is 0. The molecule has 1 nitrogen and oxygen atoms in total. The maximum atomic E-state index is 12.3. The van der Waals surface area contributed by atoms with E-state index in [9.17, 15) is 13.2 Å². The second-order valence-corrected chi connectivity index (χ2v) is 8.68. The fourth-order valence-electron chi connectivity index (χ4n) is 4.29. The summed E-state index contributed by atoms with van der Waals surface area (Å²) in [5.74, 6) is 0.523. The third-order valence-corrected chi connectivity index (χ3v) is 6.17. The summed E-state index contributed by atoms with van der Waals surface area (Å²) in [6.45, 7) is 3.14. The number of halogens is 3. The molecule has 4 heteroatoms. The van der Waals surface area contributed by atoms with Gasteiger partial charge in [-0.2, -0.15) is 13.2 Å². The van der Waals surface area contributed by atoms with E-state index in [2.05, 4.69) is 6.92 Å².